The van der Waals surface area contributed by atoms with Gasteiger partial charge in [-0.25, -0.2) is 0 Å². The summed E-state index contributed by atoms with van der Waals surface area (Å²) in [5.74, 6) is -0.0212. The molecule has 0 amide bonds. The Labute approximate surface area is 144 Å². The van der Waals surface area contributed by atoms with Gasteiger partial charge >= 0.3 is 0 Å². The van der Waals surface area contributed by atoms with Gasteiger partial charge in [-0.15, -0.1) is 5.10 Å². The number of rotatable bonds is 4. The Bertz CT molecular complexity index is 993. The van der Waals surface area contributed by atoms with Gasteiger partial charge in [-0.3, -0.25) is 4.79 Å². The van der Waals surface area contributed by atoms with E-state index in [-0.39, 0.29) is 11.6 Å². The SMILES string of the molecule is O=C(c1ccc(-c2ccccc2)cc1)c1nnnn1-c1ccccc1. The molecule has 0 radical (unpaired) electrons. The van der Waals surface area contributed by atoms with E-state index in [9.17, 15) is 4.79 Å². The molecule has 25 heavy (non-hydrogen) atoms. The summed E-state index contributed by atoms with van der Waals surface area (Å²) in [5.41, 5.74) is 3.46. The summed E-state index contributed by atoms with van der Waals surface area (Å²) in [6, 6.07) is 26.8. The summed E-state index contributed by atoms with van der Waals surface area (Å²) in [6.07, 6.45) is 0. The topological polar surface area (TPSA) is 60.7 Å². The minimum Gasteiger partial charge on any atom is -0.285 e. The zero-order valence-corrected chi connectivity index (χ0v) is 13.3. The van der Waals surface area contributed by atoms with Crippen LogP contribution in [-0.4, -0.2) is 26.0 Å². The maximum Gasteiger partial charge on any atom is 0.232 e. The summed E-state index contributed by atoms with van der Waals surface area (Å²) in [5, 5.41) is 11.5. The molecule has 0 aliphatic carbocycles. The van der Waals surface area contributed by atoms with Crippen molar-refractivity contribution in [1.82, 2.24) is 20.2 Å². The fraction of sp³-hybridized carbons (Fsp3) is 0. The van der Waals surface area contributed by atoms with Gasteiger partial charge in [0.1, 0.15) is 0 Å². The van der Waals surface area contributed by atoms with Crippen molar-refractivity contribution in [3.05, 3.63) is 96.3 Å². The molecule has 0 bridgehead atoms. The second-order valence-electron chi connectivity index (χ2n) is 5.52. The first-order valence-electron chi connectivity index (χ1n) is 7.87. The predicted molar refractivity (Wildman–Crippen MR) is 94.5 cm³/mol. The quantitative estimate of drug-likeness (QED) is 0.538. The van der Waals surface area contributed by atoms with Crippen LogP contribution < -0.4 is 0 Å². The second kappa shape index (κ2) is 6.49. The van der Waals surface area contributed by atoms with E-state index < -0.39 is 0 Å². The van der Waals surface area contributed by atoms with Gasteiger partial charge in [0.15, 0.2) is 0 Å². The Balaban J connectivity index is 1.66. The van der Waals surface area contributed by atoms with E-state index in [0.717, 1.165) is 16.8 Å². The average molecular weight is 326 g/mol. The molecule has 1 aromatic heterocycles. The van der Waals surface area contributed by atoms with Gasteiger partial charge in [-0.1, -0.05) is 72.8 Å². The van der Waals surface area contributed by atoms with Gasteiger partial charge in [0.05, 0.1) is 5.69 Å². The largest absolute Gasteiger partial charge is 0.285 e. The van der Waals surface area contributed by atoms with Crippen molar-refractivity contribution in [2.45, 2.75) is 0 Å². The zero-order chi connectivity index (χ0) is 17.1. The molecule has 0 spiro atoms. The third kappa shape index (κ3) is 2.95. The minimum absolute atomic E-state index is 0.193. The highest BCUT2D eigenvalue weighted by atomic mass is 16.1. The Kier molecular flexibility index (Phi) is 3.88. The van der Waals surface area contributed by atoms with Gasteiger partial charge in [-0.05, 0) is 33.7 Å². The summed E-state index contributed by atoms with van der Waals surface area (Å²) < 4.78 is 1.45. The van der Waals surface area contributed by atoms with E-state index >= 15 is 0 Å². The molecule has 1 heterocycles. The van der Waals surface area contributed by atoms with Gasteiger partial charge in [0.2, 0.25) is 11.6 Å². The number of para-hydroxylation sites is 1. The molecular formula is C20H14N4O. The Hall–Kier alpha value is -3.60. The lowest BCUT2D eigenvalue weighted by Crippen LogP contribution is -2.11. The molecular weight excluding hydrogens is 312 g/mol. The fourth-order valence-corrected chi connectivity index (χ4v) is 2.65. The molecule has 0 fully saturated rings. The van der Waals surface area contributed by atoms with Crippen molar-refractivity contribution in [2.75, 3.05) is 0 Å². The molecule has 5 nitrogen and oxygen atoms in total. The number of aromatic nitrogens is 4. The van der Waals surface area contributed by atoms with Crippen molar-refractivity contribution in [2.24, 2.45) is 0 Å². The molecule has 0 aliphatic rings. The van der Waals surface area contributed by atoms with Crippen LogP contribution in [0.1, 0.15) is 16.2 Å². The molecule has 4 aromatic rings. The van der Waals surface area contributed by atoms with Crippen LogP contribution in [-0.2, 0) is 0 Å². The van der Waals surface area contributed by atoms with E-state index in [0.29, 0.717) is 5.56 Å². The maximum absolute atomic E-state index is 12.8. The summed E-state index contributed by atoms with van der Waals surface area (Å²) >= 11 is 0. The first kappa shape index (κ1) is 15.0. The summed E-state index contributed by atoms with van der Waals surface area (Å²) in [4.78, 5) is 12.8. The second-order valence-corrected chi connectivity index (χ2v) is 5.52. The van der Waals surface area contributed by atoms with Crippen LogP contribution >= 0.6 is 0 Å². The van der Waals surface area contributed by atoms with Gasteiger partial charge in [0, 0.05) is 5.56 Å². The summed E-state index contributed by atoms with van der Waals surface area (Å²) in [6.45, 7) is 0. The van der Waals surface area contributed by atoms with Crippen LogP contribution in [0, 0.1) is 0 Å². The van der Waals surface area contributed by atoms with Crippen molar-refractivity contribution in [1.29, 1.82) is 0 Å². The number of benzene rings is 3. The number of tetrazole rings is 1. The lowest BCUT2D eigenvalue weighted by atomic mass is 10.0. The van der Waals surface area contributed by atoms with Gasteiger partial charge in [-0.2, -0.15) is 4.68 Å². The highest BCUT2D eigenvalue weighted by Crippen LogP contribution is 2.20. The van der Waals surface area contributed by atoms with Gasteiger partial charge in [0.25, 0.3) is 0 Å². The number of nitrogens with zero attached hydrogens (tertiary/aromatic N) is 4. The Morgan fingerprint density at radius 3 is 2.00 bits per heavy atom. The molecule has 0 N–H and O–H groups in total. The van der Waals surface area contributed by atoms with Crippen molar-refractivity contribution in [3.63, 3.8) is 0 Å². The van der Waals surface area contributed by atoms with E-state index in [4.69, 9.17) is 0 Å². The van der Waals surface area contributed by atoms with Crippen LogP contribution in [0.25, 0.3) is 16.8 Å². The molecule has 0 aliphatic heterocycles. The van der Waals surface area contributed by atoms with Crippen molar-refractivity contribution in [3.8, 4) is 16.8 Å². The van der Waals surface area contributed by atoms with Crippen molar-refractivity contribution < 1.29 is 4.79 Å². The fourth-order valence-electron chi connectivity index (χ4n) is 2.65. The Morgan fingerprint density at radius 1 is 0.720 bits per heavy atom. The van der Waals surface area contributed by atoms with Crippen LogP contribution in [0.15, 0.2) is 84.9 Å². The van der Waals surface area contributed by atoms with Crippen LogP contribution in [0.4, 0.5) is 0 Å². The first-order valence-corrected chi connectivity index (χ1v) is 7.87. The van der Waals surface area contributed by atoms with Crippen LogP contribution in [0.2, 0.25) is 0 Å². The maximum atomic E-state index is 12.8. The smallest absolute Gasteiger partial charge is 0.232 e. The first-order chi connectivity index (χ1) is 12.3. The minimum atomic E-state index is -0.214. The molecule has 3 aromatic carbocycles. The number of ketones is 1. The molecule has 4 rings (SSSR count). The average Bonchev–Trinajstić information content (AvgIpc) is 3.19. The van der Waals surface area contributed by atoms with Crippen LogP contribution in [0.3, 0.4) is 0 Å². The summed E-state index contributed by atoms with van der Waals surface area (Å²) in [7, 11) is 0. The number of hydrogen-bond donors (Lipinski definition) is 0. The molecule has 0 atom stereocenters. The monoisotopic (exact) mass is 326 g/mol. The lowest BCUT2D eigenvalue weighted by Gasteiger charge is -2.05. The molecule has 120 valence electrons. The van der Waals surface area contributed by atoms with E-state index in [1.54, 1.807) is 12.1 Å². The predicted octanol–water partition coefficient (Wildman–Crippen LogP) is 3.56. The molecule has 5 heteroatoms. The number of carbonyl (C=O) groups excluding carboxylic acids is 1. The third-order valence-corrected chi connectivity index (χ3v) is 3.93. The highest BCUT2D eigenvalue weighted by molar-refractivity contribution is 6.07. The molecule has 0 saturated carbocycles. The molecule has 0 unspecified atom stereocenters. The third-order valence-electron chi connectivity index (χ3n) is 3.93. The number of hydrogen-bond acceptors (Lipinski definition) is 4. The normalized spacial score (nSPS) is 10.6. The van der Waals surface area contributed by atoms with E-state index in [1.807, 2.05) is 72.8 Å². The van der Waals surface area contributed by atoms with E-state index in [2.05, 4.69) is 15.5 Å². The zero-order valence-electron chi connectivity index (χ0n) is 13.3. The van der Waals surface area contributed by atoms with Crippen molar-refractivity contribution >= 4 is 5.78 Å². The van der Waals surface area contributed by atoms with Gasteiger partial charge < -0.3 is 0 Å². The molecule has 0 saturated heterocycles. The standard InChI is InChI=1S/C20H14N4O/c25-19(20-21-22-23-24(20)18-9-5-2-6-10-18)17-13-11-16(12-14-17)15-7-3-1-4-8-15/h1-14H. The lowest BCUT2D eigenvalue weighted by molar-refractivity contribution is 0.102. The Morgan fingerprint density at radius 2 is 1.32 bits per heavy atom. The highest BCUT2D eigenvalue weighted by Gasteiger charge is 2.18. The van der Waals surface area contributed by atoms with E-state index in [1.165, 1.54) is 4.68 Å². The van der Waals surface area contributed by atoms with Crippen LogP contribution in [0.5, 0.6) is 0 Å². The number of carbonyl (C=O) groups is 1.